The number of hydrogen-bond acceptors (Lipinski definition) is 2. The number of fused-ring (bicyclic) bond motifs is 1. The monoisotopic (exact) mass is 356 g/mol. The first-order chi connectivity index (χ1) is 9.56. The number of aliphatic hydroxyl groups is 1. The molecule has 104 valence electrons. The summed E-state index contributed by atoms with van der Waals surface area (Å²) in [4.78, 5) is 0. The van der Waals surface area contributed by atoms with Crippen LogP contribution in [0.4, 0.5) is 4.39 Å². The van der Waals surface area contributed by atoms with Gasteiger partial charge in [-0.1, -0.05) is 33.6 Å². The van der Waals surface area contributed by atoms with Crippen LogP contribution in [0.1, 0.15) is 22.8 Å². The molecule has 2 nitrogen and oxygen atoms in total. The van der Waals surface area contributed by atoms with Gasteiger partial charge in [0.15, 0.2) is 0 Å². The van der Waals surface area contributed by atoms with E-state index in [0.29, 0.717) is 23.5 Å². The van der Waals surface area contributed by atoms with Gasteiger partial charge in [0.25, 0.3) is 0 Å². The van der Waals surface area contributed by atoms with Gasteiger partial charge in [-0.3, -0.25) is 0 Å². The SMILES string of the molecule is OC(c1ccc(F)cc1Cl)c1cc(Br)cc2c1OCC2. The van der Waals surface area contributed by atoms with Crippen molar-refractivity contribution in [1.29, 1.82) is 0 Å². The lowest BCUT2D eigenvalue weighted by molar-refractivity contribution is 0.213. The van der Waals surface area contributed by atoms with E-state index in [1.165, 1.54) is 18.2 Å². The van der Waals surface area contributed by atoms with E-state index in [0.717, 1.165) is 16.5 Å². The van der Waals surface area contributed by atoms with Gasteiger partial charge in [-0.2, -0.15) is 0 Å². The highest BCUT2D eigenvalue weighted by Gasteiger charge is 2.24. The molecule has 1 unspecified atom stereocenters. The third-order valence-corrected chi connectivity index (χ3v) is 4.11. The van der Waals surface area contributed by atoms with Crippen molar-refractivity contribution in [1.82, 2.24) is 0 Å². The van der Waals surface area contributed by atoms with E-state index in [1.54, 1.807) is 6.07 Å². The van der Waals surface area contributed by atoms with Crippen LogP contribution < -0.4 is 4.74 Å². The lowest BCUT2D eigenvalue weighted by Crippen LogP contribution is -2.03. The van der Waals surface area contributed by atoms with Crippen molar-refractivity contribution in [2.24, 2.45) is 0 Å². The maximum absolute atomic E-state index is 13.1. The van der Waals surface area contributed by atoms with E-state index in [1.807, 2.05) is 6.07 Å². The third-order valence-electron chi connectivity index (χ3n) is 3.33. The topological polar surface area (TPSA) is 29.5 Å². The van der Waals surface area contributed by atoms with Crippen molar-refractivity contribution in [2.75, 3.05) is 6.61 Å². The highest BCUT2D eigenvalue weighted by molar-refractivity contribution is 9.10. The molecule has 2 aromatic rings. The number of rotatable bonds is 2. The van der Waals surface area contributed by atoms with Crippen LogP contribution in [-0.2, 0) is 6.42 Å². The number of ether oxygens (including phenoxy) is 1. The van der Waals surface area contributed by atoms with Crippen molar-refractivity contribution < 1.29 is 14.2 Å². The molecule has 0 radical (unpaired) electrons. The first-order valence-corrected chi connectivity index (χ1v) is 7.31. The maximum atomic E-state index is 13.1. The van der Waals surface area contributed by atoms with Gasteiger partial charge in [-0.25, -0.2) is 4.39 Å². The van der Waals surface area contributed by atoms with Crippen LogP contribution in [0.25, 0.3) is 0 Å². The van der Waals surface area contributed by atoms with Gasteiger partial charge in [0.05, 0.1) is 6.61 Å². The summed E-state index contributed by atoms with van der Waals surface area (Å²) in [6.07, 6.45) is -0.140. The van der Waals surface area contributed by atoms with Gasteiger partial charge in [-0.15, -0.1) is 0 Å². The Morgan fingerprint density at radius 2 is 2.05 bits per heavy atom. The van der Waals surface area contributed by atoms with E-state index in [9.17, 15) is 9.50 Å². The van der Waals surface area contributed by atoms with E-state index in [4.69, 9.17) is 16.3 Å². The molecule has 0 saturated carbocycles. The Morgan fingerprint density at radius 3 is 2.80 bits per heavy atom. The second kappa shape index (κ2) is 5.35. The Bertz CT molecular complexity index is 675. The highest BCUT2D eigenvalue weighted by Crippen LogP contribution is 2.40. The molecule has 3 rings (SSSR count). The minimum absolute atomic E-state index is 0.198. The van der Waals surface area contributed by atoms with E-state index < -0.39 is 11.9 Å². The molecule has 0 saturated heterocycles. The Morgan fingerprint density at radius 1 is 1.25 bits per heavy atom. The fraction of sp³-hybridized carbons (Fsp3) is 0.200. The molecule has 1 atom stereocenters. The lowest BCUT2D eigenvalue weighted by atomic mass is 9.98. The first kappa shape index (κ1) is 13.9. The van der Waals surface area contributed by atoms with Crippen LogP contribution in [0.3, 0.4) is 0 Å². The second-order valence-corrected chi connectivity index (χ2v) is 5.97. The second-order valence-electron chi connectivity index (χ2n) is 4.65. The molecule has 5 heteroatoms. The lowest BCUT2D eigenvalue weighted by Gasteiger charge is -2.17. The Labute approximate surface area is 129 Å². The Kier molecular flexibility index (Phi) is 3.71. The molecular weight excluding hydrogens is 347 g/mol. The third kappa shape index (κ3) is 2.43. The van der Waals surface area contributed by atoms with Crippen LogP contribution in [0, 0.1) is 5.82 Å². The molecule has 1 N–H and O–H groups in total. The van der Waals surface area contributed by atoms with E-state index >= 15 is 0 Å². The van der Waals surface area contributed by atoms with Gasteiger partial charge >= 0.3 is 0 Å². The normalized spacial score (nSPS) is 14.8. The summed E-state index contributed by atoms with van der Waals surface area (Å²) in [5, 5.41) is 10.7. The zero-order chi connectivity index (χ0) is 14.3. The summed E-state index contributed by atoms with van der Waals surface area (Å²) in [6.45, 7) is 0.600. The average molecular weight is 358 g/mol. The fourth-order valence-electron chi connectivity index (χ4n) is 2.39. The number of aliphatic hydroxyl groups excluding tert-OH is 1. The Hall–Kier alpha value is -1.10. The van der Waals surface area contributed by atoms with Gasteiger partial charge in [0, 0.05) is 27.0 Å². The predicted octanol–water partition coefficient (Wildman–Crippen LogP) is 4.26. The molecule has 0 amide bonds. The summed E-state index contributed by atoms with van der Waals surface area (Å²) in [5.41, 5.74) is 2.15. The first-order valence-electron chi connectivity index (χ1n) is 6.14. The molecule has 1 aliphatic heterocycles. The molecule has 1 heterocycles. The summed E-state index contributed by atoms with van der Waals surface area (Å²) < 4.78 is 19.6. The van der Waals surface area contributed by atoms with Crippen molar-refractivity contribution in [3.8, 4) is 5.75 Å². The molecule has 1 aliphatic rings. The van der Waals surface area contributed by atoms with Crippen molar-refractivity contribution in [2.45, 2.75) is 12.5 Å². The quantitative estimate of drug-likeness (QED) is 0.870. The standard InChI is InChI=1S/C15H11BrClFO2/c16-9-5-8-3-4-20-15(8)12(6-9)14(19)11-2-1-10(18)7-13(11)17/h1-2,5-7,14,19H,3-4H2. The molecule has 20 heavy (non-hydrogen) atoms. The predicted molar refractivity (Wildman–Crippen MR) is 78.8 cm³/mol. The van der Waals surface area contributed by atoms with Gasteiger partial charge < -0.3 is 9.84 Å². The number of hydrogen-bond donors (Lipinski definition) is 1. The minimum Gasteiger partial charge on any atom is -0.493 e. The van der Waals surface area contributed by atoms with Crippen LogP contribution in [0.2, 0.25) is 5.02 Å². The smallest absolute Gasteiger partial charge is 0.128 e. The molecule has 0 aromatic heterocycles. The number of halogens is 3. The van der Waals surface area contributed by atoms with E-state index in [-0.39, 0.29) is 5.02 Å². The van der Waals surface area contributed by atoms with Crippen molar-refractivity contribution >= 4 is 27.5 Å². The summed E-state index contributed by atoms with van der Waals surface area (Å²) in [5.74, 6) is 0.266. The fourth-order valence-corrected chi connectivity index (χ4v) is 3.19. The summed E-state index contributed by atoms with van der Waals surface area (Å²) in [6, 6.07) is 7.74. The zero-order valence-corrected chi connectivity index (χ0v) is 12.7. The summed E-state index contributed by atoms with van der Waals surface area (Å²) >= 11 is 9.44. The molecule has 0 spiro atoms. The maximum Gasteiger partial charge on any atom is 0.128 e. The van der Waals surface area contributed by atoms with E-state index in [2.05, 4.69) is 15.9 Å². The van der Waals surface area contributed by atoms with Gasteiger partial charge in [0.1, 0.15) is 17.7 Å². The summed E-state index contributed by atoms with van der Waals surface area (Å²) in [7, 11) is 0. The van der Waals surface area contributed by atoms with Crippen LogP contribution in [0.15, 0.2) is 34.8 Å². The largest absolute Gasteiger partial charge is 0.493 e. The molecule has 2 aromatic carbocycles. The number of benzene rings is 2. The van der Waals surface area contributed by atoms with Crippen molar-refractivity contribution in [3.05, 3.63) is 62.3 Å². The van der Waals surface area contributed by atoms with Gasteiger partial charge in [0.2, 0.25) is 0 Å². The molecular formula is C15H11BrClFO2. The van der Waals surface area contributed by atoms with Crippen LogP contribution in [0.5, 0.6) is 5.75 Å². The molecule has 0 fully saturated rings. The van der Waals surface area contributed by atoms with Crippen LogP contribution >= 0.6 is 27.5 Å². The Balaban J connectivity index is 2.09. The average Bonchev–Trinajstić information content (AvgIpc) is 2.85. The highest BCUT2D eigenvalue weighted by atomic mass is 79.9. The minimum atomic E-state index is -0.951. The van der Waals surface area contributed by atoms with Gasteiger partial charge in [-0.05, 0) is 29.8 Å². The molecule has 0 aliphatic carbocycles. The van der Waals surface area contributed by atoms with Crippen LogP contribution in [-0.4, -0.2) is 11.7 Å². The zero-order valence-electron chi connectivity index (χ0n) is 10.4. The van der Waals surface area contributed by atoms with Crippen molar-refractivity contribution in [3.63, 3.8) is 0 Å². The molecule has 0 bridgehead atoms.